The molecule has 1 aliphatic carbocycles. The third-order valence-corrected chi connectivity index (χ3v) is 4.48. The Bertz CT molecular complexity index is 484. The van der Waals surface area contributed by atoms with E-state index in [4.69, 9.17) is 20.3 Å². The van der Waals surface area contributed by atoms with Gasteiger partial charge < -0.3 is 10.2 Å². The highest BCUT2D eigenvalue weighted by atomic mass is 19.4. The van der Waals surface area contributed by atoms with Crippen molar-refractivity contribution in [1.82, 2.24) is 4.90 Å². The molecule has 1 aliphatic heterocycles. The van der Waals surface area contributed by atoms with Gasteiger partial charge in [-0.05, 0) is 25.2 Å². The standard InChI is InChI=1S/C13H20N2O2.C2HF3O2/c14-9-15-11(6-7-12(15)13(16)17)8-10-4-2-1-3-5-10;3-2(4,5)1(6)7/h10-12H,1-8H2,(H,16,17);(H,6,7). The number of rotatable bonds is 3. The molecule has 0 aromatic heterocycles. The Morgan fingerprint density at radius 3 is 2.04 bits per heavy atom. The third kappa shape index (κ3) is 5.91. The largest absolute Gasteiger partial charge is 0.490 e. The van der Waals surface area contributed by atoms with Crippen molar-refractivity contribution in [2.45, 2.75) is 69.6 Å². The fourth-order valence-corrected chi connectivity index (χ4v) is 3.32. The van der Waals surface area contributed by atoms with Crippen LogP contribution in [0.4, 0.5) is 13.2 Å². The van der Waals surface area contributed by atoms with Gasteiger partial charge >= 0.3 is 18.1 Å². The lowest BCUT2D eigenvalue weighted by Crippen LogP contribution is -2.38. The maximum atomic E-state index is 11.0. The lowest BCUT2D eigenvalue weighted by atomic mass is 9.84. The van der Waals surface area contributed by atoms with Gasteiger partial charge in [0.15, 0.2) is 6.19 Å². The molecule has 0 aromatic carbocycles. The molecule has 2 atom stereocenters. The van der Waals surface area contributed by atoms with Crippen LogP contribution in [0.2, 0.25) is 0 Å². The van der Waals surface area contributed by atoms with E-state index in [9.17, 15) is 18.0 Å². The molecule has 1 heterocycles. The van der Waals surface area contributed by atoms with E-state index >= 15 is 0 Å². The maximum Gasteiger partial charge on any atom is 0.490 e. The van der Waals surface area contributed by atoms with Gasteiger partial charge in [0.1, 0.15) is 6.04 Å². The fourth-order valence-electron chi connectivity index (χ4n) is 3.32. The van der Waals surface area contributed by atoms with Crippen LogP contribution >= 0.6 is 0 Å². The molecule has 24 heavy (non-hydrogen) atoms. The first-order chi connectivity index (χ1) is 11.2. The number of likely N-dealkylation sites (tertiary alicyclic amines) is 1. The SMILES string of the molecule is N#CN1C(CC2CCCCC2)CCC1C(=O)O.O=C(O)C(F)(F)F. The highest BCUT2D eigenvalue weighted by molar-refractivity contribution is 5.74. The average molecular weight is 350 g/mol. The number of nitriles is 1. The molecule has 0 spiro atoms. The summed E-state index contributed by atoms with van der Waals surface area (Å²) < 4.78 is 31.7. The van der Waals surface area contributed by atoms with Gasteiger partial charge in [0, 0.05) is 6.04 Å². The van der Waals surface area contributed by atoms with Gasteiger partial charge in [0.25, 0.3) is 0 Å². The molecule has 0 amide bonds. The summed E-state index contributed by atoms with van der Waals surface area (Å²) in [6.45, 7) is 0. The maximum absolute atomic E-state index is 11.0. The number of alkyl halides is 3. The van der Waals surface area contributed by atoms with Gasteiger partial charge in [-0.3, -0.25) is 4.90 Å². The van der Waals surface area contributed by atoms with Crippen molar-refractivity contribution in [3.8, 4) is 6.19 Å². The Hall–Kier alpha value is -1.98. The van der Waals surface area contributed by atoms with Crippen LogP contribution < -0.4 is 0 Å². The molecule has 6 nitrogen and oxygen atoms in total. The van der Waals surface area contributed by atoms with Crippen molar-refractivity contribution in [2.75, 3.05) is 0 Å². The molecule has 136 valence electrons. The summed E-state index contributed by atoms with van der Waals surface area (Å²) in [5, 5.41) is 25.3. The monoisotopic (exact) mass is 350 g/mol. The second-order valence-electron chi connectivity index (χ2n) is 6.14. The highest BCUT2D eigenvalue weighted by Gasteiger charge is 2.39. The zero-order valence-corrected chi connectivity index (χ0v) is 13.1. The molecule has 2 unspecified atom stereocenters. The molecule has 0 bridgehead atoms. The van der Waals surface area contributed by atoms with E-state index in [1.165, 1.54) is 37.0 Å². The number of aliphatic carboxylic acids is 2. The van der Waals surface area contributed by atoms with Crippen LogP contribution in [0, 0.1) is 17.4 Å². The summed E-state index contributed by atoms with van der Waals surface area (Å²) >= 11 is 0. The smallest absolute Gasteiger partial charge is 0.480 e. The van der Waals surface area contributed by atoms with Crippen LogP contribution in [0.25, 0.3) is 0 Å². The van der Waals surface area contributed by atoms with E-state index in [1.807, 2.05) is 0 Å². The van der Waals surface area contributed by atoms with Crippen LogP contribution in [0.5, 0.6) is 0 Å². The third-order valence-electron chi connectivity index (χ3n) is 4.48. The quantitative estimate of drug-likeness (QED) is 0.759. The summed E-state index contributed by atoms with van der Waals surface area (Å²) in [7, 11) is 0. The number of nitrogens with zero attached hydrogens (tertiary/aromatic N) is 2. The van der Waals surface area contributed by atoms with Crippen LogP contribution in [0.15, 0.2) is 0 Å². The number of hydrogen-bond acceptors (Lipinski definition) is 4. The predicted molar refractivity (Wildman–Crippen MR) is 76.8 cm³/mol. The first-order valence-electron chi connectivity index (χ1n) is 7.87. The van der Waals surface area contributed by atoms with Crippen LogP contribution in [-0.4, -0.2) is 45.3 Å². The van der Waals surface area contributed by atoms with E-state index in [0.29, 0.717) is 12.3 Å². The number of hydrogen-bond donors (Lipinski definition) is 2. The molecule has 9 heteroatoms. The number of halogens is 3. The van der Waals surface area contributed by atoms with Crippen molar-refractivity contribution in [3.63, 3.8) is 0 Å². The van der Waals surface area contributed by atoms with Gasteiger partial charge in [-0.25, -0.2) is 9.59 Å². The fraction of sp³-hybridized carbons (Fsp3) is 0.800. The van der Waals surface area contributed by atoms with E-state index in [0.717, 1.165) is 12.8 Å². The average Bonchev–Trinajstić information content (AvgIpc) is 2.91. The van der Waals surface area contributed by atoms with E-state index in [2.05, 4.69) is 6.19 Å². The molecule has 1 saturated heterocycles. The Morgan fingerprint density at radius 2 is 1.62 bits per heavy atom. The summed E-state index contributed by atoms with van der Waals surface area (Å²) in [6.07, 6.45) is 5.95. The second-order valence-corrected chi connectivity index (χ2v) is 6.14. The van der Waals surface area contributed by atoms with Crippen LogP contribution in [0.1, 0.15) is 51.4 Å². The Labute approximate surface area is 137 Å². The number of carboxylic acid groups (broad SMARTS) is 2. The predicted octanol–water partition coefficient (Wildman–Crippen LogP) is 2.99. The molecule has 2 fully saturated rings. The molecule has 2 aliphatic rings. The topological polar surface area (TPSA) is 102 Å². The normalized spacial score (nSPS) is 24.7. The molecular weight excluding hydrogens is 329 g/mol. The van der Waals surface area contributed by atoms with Gasteiger partial charge in [0.2, 0.25) is 0 Å². The van der Waals surface area contributed by atoms with Crippen LogP contribution in [-0.2, 0) is 9.59 Å². The molecule has 0 aromatic rings. The summed E-state index contributed by atoms with van der Waals surface area (Å²) in [5.74, 6) is -2.90. The minimum atomic E-state index is -5.08. The molecular formula is C15H21F3N2O4. The van der Waals surface area contributed by atoms with Gasteiger partial charge in [0.05, 0.1) is 0 Å². The summed E-state index contributed by atoms with van der Waals surface area (Å²) in [6, 6.07) is -0.405. The first-order valence-corrected chi connectivity index (χ1v) is 7.87. The molecule has 0 radical (unpaired) electrons. The lowest BCUT2D eigenvalue weighted by Gasteiger charge is -2.28. The Kier molecular flexibility index (Phi) is 7.32. The van der Waals surface area contributed by atoms with Gasteiger partial charge in [-0.1, -0.05) is 32.1 Å². The summed E-state index contributed by atoms with van der Waals surface area (Å²) in [4.78, 5) is 21.4. The zero-order chi connectivity index (χ0) is 18.3. The molecule has 1 saturated carbocycles. The zero-order valence-electron chi connectivity index (χ0n) is 13.1. The van der Waals surface area contributed by atoms with Crippen LogP contribution in [0.3, 0.4) is 0 Å². The van der Waals surface area contributed by atoms with Crippen molar-refractivity contribution in [3.05, 3.63) is 0 Å². The van der Waals surface area contributed by atoms with Crippen molar-refractivity contribution < 1.29 is 33.0 Å². The minimum absolute atomic E-state index is 0.171. The Morgan fingerprint density at radius 1 is 1.08 bits per heavy atom. The summed E-state index contributed by atoms with van der Waals surface area (Å²) in [5.41, 5.74) is 0. The van der Waals surface area contributed by atoms with Crippen molar-refractivity contribution in [1.29, 1.82) is 5.26 Å². The first kappa shape index (κ1) is 20.1. The van der Waals surface area contributed by atoms with Crippen molar-refractivity contribution in [2.24, 2.45) is 5.92 Å². The number of carbonyl (C=O) groups is 2. The number of carboxylic acids is 2. The Balaban J connectivity index is 0.000000351. The van der Waals surface area contributed by atoms with Gasteiger partial charge in [-0.15, -0.1) is 0 Å². The van der Waals surface area contributed by atoms with E-state index < -0.39 is 24.2 Å². The highest BCUT2D eigenvalue weighted by Crippen LogP contribution is 2.33. The van der Waals surface area contributed by atoms with E-state index in [-0.39, 0.29) is 6.04 Å². The lowest BCUT2D eigenvalue weighted by molar-refractivity contribution is -0.192. The molecule has 2 N–H and O–H groups in total. The van der Waals surface area contributed by atoms with Gasteiger partial charge in [-0.2, -0.15) is 18.4 Å². The minimum Gasteiger partial charge on any atom is -0.480 e. The van der Waals surface area contributed by atoms with Crippen molar-refractivity contribution >= 4 is 11.9 Å². The second kappa shape index (κ2) is 8.76. The molecule has 2 rings (SSSR count). The van der Waals surface area contributed by atoms with E-state index in [1.54, 1.807) is 0 Å².